The quantitative estimate of drug-likeness (QED) is 0.893. The van der Waals surface area contributed by atoms with Crippen LogP contribution in [0.5, 0.6) is 0 Å². The van der Waals surface area contributed by atoms with Crippen molar-refractivity contribution in [2.45, 2.75) is 58.2 Å². The number of anilines is 2. The van der Waals surface area contributed by atoms with Crippen molar-refractivity contribution in [3.8, 4) is 0 Å². The Morgan fingerprint density at radius 3 is 2.54 bits per heavy atom. The van der Waals surface area contributed by atoms with Crippen LogP contribution in [-0.2, 0) is 11.2 Å². The fraction of sp³-hybridized carbons (Fsp3) is 0.556. The Hall–Kier alpha value is -2.08. The van der Waals surface area contributed by atoms with Crippen LogP contribution in [0.25, 0.3) is 0 Å². The average Bonchev–Trinajstić information content (AvgIpc) is 3.09. The number of hydrogen-bond donors (Lipinski definition) is 2. The Morgan fingerprint density at radius 2 is 1.92 bits per heavy atom. The van der Waals surface area contributed by atoms with Crippen molar-refractivity contribution in [1.82, 2.24) is 4.90 Å². The van der Waals surface area contributed by atoms with E-state index in [0.29, 0.717) is 18.6 Å². The van der Waals surface area contributed by atoms with Crippen LogP contribution in [0.15, 0.2) is 18.2 Å². The normalized spacial score (nSPS) is 24.7. The number of carbonyl (C=O) groups excluding carboxylic acids is 2. The maximum absolute atomic E-state index is 12.6. The molecule has 0 bridgehead atoms. The van der Waals surface area contributed by atoms with E-state index in [-0.39, 0.29) is 11.9 Å². The molecule has 24 heavy (non-hydrogen) atoms. The number of hydrogen-bond acceptors (Lipinski definition) is 3. The maximum atomic E-state index is 12.6. The molecule has 3 amide bonds. The molecule has 0 spiro atoms. The molecule has 2 aliphatic rings. The first kappa shape index (κ1) is 16.8. The fourth-order valence-corrected chi connectivity index (χ4v) is 4.07. The number of fused-ring (bicyclic) bond motifs is 1. The van der Waals surface area contributed by atoms with Crippen molar-refractivity contribution in [3.63, 3.8) is 0 Å². The first-order valence-corrected chi connectivity index (χ1v) is 8.66. The summed E-state index contributed by atoms with van der Waals surface area (Å²) in [7, 11) is 0. The summed E-state index contributed by atoms with van der Waals surface area (Å²) in [5, 5.41) is 3.02. The van der Waals surface area contributed by atoms with E-state index in [0.717, 1.165) is 36.2 Å². The highest BCUT2D eigenvalue weighted by atomic mass is 16.2. The molecule has 1 aromatic carbocycles. The number of nitrogens with zero attached hydrogens (tertiary/aromatic N) is 2. The molecular weight excluding hydrogens is 304 g/mol. The second kappa shape index (κ2) is 6.43. The molecule has 0 unspecified atom stereocenters. The predicted octanol–water partition coefficient (Wildman–Crippen LogP) is 2.33. The smallest absolute Gasteiger partial charge is 0.319 e. The van der Waals surface area contributed by atoms with Crippen LogP contribution in [0.3, 0.4) is 0 Å². The van der Waals surface area contributed by atoms with Crippen molar-refractivity contribution in [2.24, 2.45) is 5.73 Å². The van der Waals surface area contributed by atoms with Gasteiger partial charge in [-0.25, -0.2) is 4.79 Å². The Morgan fingerprint density at radius 1 is 1.25 bits per heavy atom. The van der Waals surface area contributed by atoms with E-state index >= 15 is 0 Å². The Labute approximate surface area is 143 Å². The van der Waals surface area contributed by atoms with E-state index in [4.69, 9.17) is 5.73 Å². The van der Waals surface area contributed by atoms with Crippen molar-refractivity contribution < 1.29 is 9.59 Å². The van der Waals surface area contributed by atoms with E-state index in [2.05, 4.69) is 24.1 Å². The number of nitrogens with two attached hydrogens (primary N) is 1. The second-order valence-corrected chi connectivity index (χ2v) is 6.97. The lowest BCUT2D eigenvalue weighted by Crippen LogP contribution is -2.46. The first-order valence-electron chi connectivity index (χ1n) is 8.66. The number of likely N-dealkylation sites (tertiary alicyclic amines) is 1. The molecule has 1 saturated heterocycles. The summed E-state index contributed by atoms with van der Waals surface area (Å²) in [6.45, 7) is 6.93. The van der Waals surface area contributed by atoms with Gasteiger partial charge in [-0.3, -0.25) is 14.6 Å². The number of carbonyl (C=O) groups is 2. The van der Waals surface area contributed by atoms with Crippen molar-refractivity contribution in [1.29, 1.82) is 0 Å². The third-order valence-corrected chi connectivity index (χ3v) is 5.36. The molecule has 2 aliphatic heterocycles. The molecule has 0 aromatic heterocycles. The first-order chi connectivity index (χ1) is 11.4. The van der Waals surface area contributed by atoms with Crippen LogP contribution < -0.4 is 16.0 Å². The number of urea groups is 1. The summed E-state index contributed by atoms with van der Waals surface area (Å²) < 4.78 is 0. The summed E-state index contributed by atoms with van der Waals surface area (Å²) in [5.41, 5.74) is 8.04. The highest BCUT2D eigenvalue weighted by molar-refractivity contribution is 5.96. The number of primary amides is 1. The Kier molecular flexibility index (Phi) is 4.49. The third-order valence-electron chi connectivity index (χ3n) is 5.36. The van der Waals surface area contributed by atoms with Gasteiger partial charge in [0.2, 0.25) is 5.91 Å². The standard InChI is InChI=1S/C18H26N4O2/c1-11-4-5-12(2)22(11)13(3)17(23)20-15-6-7-16-14(10-15)8-9-21(16)18(19)24/h6-7,10-13H,4-5,8-9H2,1-3H3,(H2,19,24)(H,20,23)/t11-,12+,13-/m0/s1. The summed E-state index contributed by atoms with van der Waals surface area (Å²) in [6.07, 6.45) is 3.04. The average molecular weight is 330 g/mol. The number of rotatable bonds is 3. The van der Waals surface area contributed by atoms with Crippen LogP contribution in [0.2, 0.25) is 0 Å². The lowest BCUT2D eigenvalue weighted by atomic mass is 10.1. The number of nitrogens with one attached hydrogen (secondary N) is 1. The van der Waals surface area contributed by atoms with Crippen LogP contribution in [-0.4, -0.2) is 41.5 Å². The lowest BCUT2D eigenvalue weighted by Gasteiger charge is -2.31. The van der Waals surface area contributed by atoms with Gasteiger partial charge in [-0.05, 0) is 63.8 Å². The van der Waals surface area contributed by atoms with Gasteiger partial charge in [-0.1, -0.05) is 0 Å². The van der Waals surface area contributed by atoms with Gasteiger partial charge in [0.25, 0.3) is 0 Å². The zero-order valence-electron chi connectivity index (χ0n) is 14.6. The van der Waals surface area contributed by atoms with E-state index in [1.807, 2.05) is 25.1 Å². The Balaban J connectivity index is 1.70. The molecule has 1 aromatic rings. The summed E-state index contributed by atoms with van der Waals surface area (Å²) in [5.74, 6) is 0.0142. The van der Waals surface area contributed by atoms with Gasteiger partial charge in [-0.2, -0.15) is 0 Å². The second-order valence-electron chi connectivity index (χ2n) is 6.97. The van der Waals surface area contributed by atoms with Crippen LogP contribution in [0, 0.1) is 0 Å². The summed E-state index contributed by atoms with van der Waals surface area (Å²) >= 11 is 0. The van der Waals surface area contributed by atoms with Gasteiger partial charge in [-0.15, -0.1) is 0 Å². The minimum absolute atomic E-state index is 0.0142. The van der Waals surface area contributed by atoms with E-state index in [9.17, 15) is 9.59 Å². The summed E-state index contributed by atoms with van der Waals surface area (Å²) in [6, 6.07) is 5.91. The van der Waals surface area contributed by atoms with E-state index < -0.39 is 6.03 Å². The molecule has 0 radical (unpaired) electrons. The zero-order chi connectivity index (χ0) is 17.4. The third kappa shape index (κ3) is 2.98. The molecule has 1 fully saturated rings. The molecule has 6 nitrogen and oxygen atoms in total. The SMILES string of the molecule is C[C@@H]1CC[C@H](C)N1[C@@H](C)C(=O)Nc1ccc2c(c1)CCN2C(N)=O. The lowest BCUT2D eigenvalue weighted by molar-refractivity contribution is -0.121. The van der Waals surface area contributed by atoms with Crippen molar-refractivity contribution in [3.05, 3.63) is 23.8 Å². The highest BCUT2D eigenvalue weighted by Gasteiger charge is 2.34. The molecular formula is C18H26N4O2. The molecule has 130 valence electrons. The van der Waals surface area contributed by atoms with Gasteiger partial charge >= 0.3 is 6.03 Å². The molecule has 0 aliphatic carbocycles. The predicted molar refractivity (Wildman–Crippen MR) is 95.2 cm³/mol. The molecule has 3 N–H and O–H groups in total. The topological polar surface area (TPSA) is 78.7 Å². The monoisotopic (exact) mass is 330 g/mol. The van der Waals surface area contributed by atoms with E-state index in [1.165, 1.54) is 0 Å². The van der Waals surface area contributed by atoms with Crippen LogP contribution in [0.4, 0.5) is 16.2 Å². The fourth-order valence-electron chi connectivity index (χ4n) is 4.07. The van der Waals surface area contributed by atoms with Gasteiger partial charge in [0.15, 0.2) is 0 Å². The largest absolute Gasteiger partial charge is 0.351 e. The van der Waals surface area contributed by atoms with Gasteiger partial charge in [0, 0.05) is 30.0 Å². The molecule has 6 heteroatoms. The number of benzene rings is 1. The molecule has 3 rings (SSSR count). The summed E-state index contributed by atoms with van der Waals surface area (Å²) in [4.78, 5) is 27.9. The van der Waals surface area contributed by atoms with Gasteiger partial charge in [0.05, 0.1) is 6.04 Å². The van der Waals surface area contributed by atoms with Crippen LogP contribution in [0.1, 0.15) is 39.2 Å². The number of amides is 3. The van der Waals surface area contributed by atoms with Crippen LogP contribution >= 0.6 is 0 Å². The molecule has 0 saturated carbocycles. The van der Waals surface area contributed by atoms with Crippen molar-refractivity contribution >= 4 is 23.3 Å². The van der Waals surface area contributed by atoms with E-state index in [1.54, 1.807) is 4.90 Å². The minimum atomic E-state index is -0.434. The maximum Gasteiger partial charge on any atom is 0.319 e. The van der Waals surface area contributed by atoms with Gasteiger partial charge in [0.1, 0.15) is 0 Å². The highest BCUT2D eigenvalue weighted by Crippen LogP contribution is 2.31. The zero-order valence-corrected chi connectivity index (χ0v) is 14.6. The molecule has 3 atom stereocenters. The molecule has 2 heterocycles. The minimum Gasteiger partial charge on any atom is -0.351 e. The van der Waals surface area contributed by atoms with Crippen molar-refractivity contribution in [2.75, 3.05) is 16.8 Å². The Bertz CT molecular complexity index is 650. The van der Waals surface area contributed by atoms with Gasteiger partial charge < -0.3 is 11.1 Å².